The Morgan fingerprint density at radius 2 is 1.75 bits per heavy atom. The fourth-order valence-corrected chi connectivity index (χ4v) is 1.95. The van der Waals surface area contributed by atoms with Crippen LogP contribution in [-0.4, -0.2) is 18.2 Å². The van der Waals surface area contributed by atoms with Gasteiger partial charge in [-0.1, -0.05) is 12.1 Å². The van der Waals surface area contributed by atoms with Gasteiger partial charge in [0, 0.05) is 25.1 Å². The quantitative estimate of drug-likeness (QED) is 0.537. The summed E-state index contributed by atoms with van der Waals surface area (Å²) >= 11 is 0. The standard InChI is InChI=1S/C16H24N2O2/c1-13(19)5-2-3-12-18-16(20)7-4-6-14-8-10-15(17)11-9-14/h8-11H,2-7,12,17H2,1H3,(H,18,20). The van der Waals surface area contributed by atoms with E-state index in [9.17, 15) is 9.59 Å². The molecular weight excluding hydrogens is 252 g/mol. The maximum atomic E-state index is 11.6. The smallest absolute Gasteiger partial charge is 0.220 e. The second-order valence-electron chi connectivity index (χ2n) is 5.10. The molecule has 3 N–H and O–H groups in total. The molecule has 1 aromatic rings. The summed E-state index contributed by atoms with van der Waals surface area (Å²) in [4.78, 5) is 22.3. The number of hydrogen-bond donors (Lipinski definition) is 2. The van der Waals surface area contributed by atoms with Gasteiger partial charge in [0.05, 0.1) is 0 Å². The van der Waals surface area contributed by atoms with Crippen LogP contribution >= 0.6 is 0 Å². The Kier molecular flexibility index (Phi) is 7.40. The first-order valence-corrected chi connectivity index (χ1v) is 7.18. The lowest BCUT2D eigenvalue weighted by atomic mass is 10.1. The van der Waals surface area contributed by atoms with Gasteiger partial charge in [0.1, 0.15) is 5.78 Å². The van der Waals surface area contributed by atoms with Crippen molar-refractivity contribution in [3.63, 3.8) is 0 Å². The number of nitrogen functional groups attached to an aromatic ring is 1. The van der Waals surface area contributed by atoms with E-state index < -0.39 is 0 Å². The highest BCUT2D eigenvalue weighted by Crippen LogP contribution is 2.08. The topological polar surface area (TPSA) is 72.2 Å². The van der Waals surface area contributed by atoms with E-state index in [-0.39, 0.29) is 11.7 Å². The molecule has 0 aliphatic rings. The van der Waals surface area contributed by atoms with Crippen LogP contribution < -0.4 is 11.1 Å². The van der Waals surface area contributed by atoms with Gasteiger partial charge in [-0.3, -0.25) is 4.79 Å². The third kappa shape index (κ3) is 7.56. The van der Waals surface area contributed by atoms with Crippen molar-refractivity contribution in [2.45, 2.75) is 45.4 Å². The Labute approximate surface area is 120 Å². The molecular formula is C16H24N2O2. The molecule has 0 heterocycles. The summed E-state index contributed by atoms with van der Waals surface area (Å²) in [5.41, 5.74) is 7.58. The van der Waals surface area contributed by atoms with Crippen LogP contribution in [0.3, 0.4) is 0 Å². The molecule has 1 rings (SSSR count). The van der Waals surface area contributed by atoms with E-state index in [0.29, 0.717) is 19.4 Å². The molecule has 0 aliphatic heterocycles. The number of unbranched alkanes of at least 4 members (excludes halogenated alkanes) is 1. The van der Waals surface area contributed by atoms with Crippen LogP contribution in [0.2, 0.25) is 0 Å². The van der Waals surface area contributed by atoms with Crippen LogP contribution in [0.15, 0.2) is 24.3 Å². The van der Waals surface area contributed by atoms with Gasteiger partial charge in [-0.2, -0.15) is 0 Å². The minimum atomic E-state index is 0.0864. The fourth-order valence-electron chi connectivity index (χ4n) is 1.95. The maximum absolute atomic E-state index is 11.6. The molecule has 0 aromatic heterocycles. The van der Waals surface area contributed by atoms with Crippen molar-refractivity contribution >= 4 is 17.4 Å². The van der Waals surface area contributed by atoms with E-state index in [1.165, 1.54) is 5.56 Å². The van der Waals surface area contributed by atoms with Crippen LogP contribution in [0, 0.1) is 0 Å². The second kappa shape index (κ2) is 9.13. The van der Waals surface area contributed by atoms with Crippen molar-refractivity contribution in [2.75, 3.05) is 12.3 Å². The monoisotopic (exact) mass is 276 g/mol. The van der Waals surface area contributed by atoms with Gasteiger partial charge in [-0.15, -0.1) is 0 Å². The second-order valence-corrected chi connectivity index (χ2v) is 5.10. The molecule has 0 saturated heterocycles. The van der Waals surface area contributed by atoms with Crippen molar-refractivity contribution in [1.82, 2.24) is 5.32 Å². The largest absolute Gasteiger partial charge is 0.399 e. The number of amides is 1. The van der Waals surface area contributed by atoms with Crippen molar-refractivity contribution in [3.05, 3.63) is 29.8 Å². The first-order chi connectivity index (χ1) is 9.58. The highest BCUT2D eigenvalue weighted by Gasteiger charge is 2.01. The first-order valence-electron chi connectivity index (χ1n) is 7.18. The number of carbonyl (C=O) groups excluding carboxylic acids is 2. The van der Waals surface area contributed by atoms with Gasteiger partial charge in [-0.05, 0) is 50.3 Å². The molecule has 0 aliphatic carbocycles. The SMILES string of the molecule is CC(=O)CCCCNC(=O)CCCc1ccc(N)cc1. The number of carbonyl (C=O) groups is 2. The summed E-state index contributed by atoms with van der Waals surface area (Å²) in [6, 6.07) is 7.75. The van der Waals surface area contributed by atoms with Crippen molar-refractivity contribution < 1.29 is 9.59 Å². The molecule has 0 unspecified atom stereocenters. The molecule has 4 heteroatoms. The summed E-state index contributed by atoms with van der Waals surface area (Å²) in [7, 11) is 0. The number of nitrogens with one attached hydrogen (secondary N) is 1. The average Bonchev–Trinajstić information content (AvgIpc) is 2.40. The van der Waals surface area contributed by atoms with Gasteiger partial charge in [0.25, 0.3) is 0 Å². The molecule has 1 amide bonds. The molecule has 20 heavy (non-hydrogen) atoms. The van der Waals surface area contributed by atoms with E-state index in [0.717, 1.165) is 31.4 Å². The van der Waals surface area contributed by atoms with Crippen LogP contribution in [-0.2, 0) is 16.0 Å². The summed E-state index contributed by atoms with van der Waals surface area (Å²) in [5.74, 6) is 0.295. The number of aryl methyl sites for hydroxylation is 1. The van der Waals surface area contributed by atoms with Gasteiger partial charge >= 0.3 is 0 Å². The molecule has 1 aromatic carbocycles. The number of rotatable bonds is 9. The van der Waals surface area contributed by atoms with Crippen LogP contribution in [0.5, 0.6) is 0 Å². The highest BCUT2D eigenvalue weighted by atomic mass is 16.1. The number of ketones is 1. The lowest BCUT2D eigenvalue weighted by Gasteiger charge is -2.05. The Bertz CT molecular complexity index is 427. The van der Waals surface area contributed by atoms with E-state index in [1.807, 2.05) is 24.3 Å². The third-order valence-electron chi connectivity index (χ3n) is 3.13. The first kappa shape index (κ1) is 16.2. The van der Waals surface area contributed by atoms with Crippen molar-refractivity contribution in [3.8, 4) is 0 Å². The Balaban J connectivity index is 2.05. The fraction of sp³-hybridized carbons (Fsp3) is 0.500. The lowest BCUT2D eigenvalue weighted by Crippen LogP contribution is -2.24. The summed E-state index contributed by atoms with van der Waals surface area (Å²) in [6.07, 6.45) is 4.58. The molecule has 110 valence electrons. The normalized spacial score (nSPS) is 10.2. The Hall–Kier alpha value is -1.84. The predicted molar refractivity (Wildman–Crippen MR) is 81.3 cm³/mol. The molecule has 0 bridgehead atoms. The zero-order valence-electron chi connectivity index (χ0n) is 12.2. The van der Waals surface area contributed by atoms with Crippen LogP contribution in [0.1, 0.15) is 44.6 Å². The zero-order valence-corrected chi connectivity index (χ0v) is 12.2. The Morgan fingerprint density at radius 1 is 1.05 bits per heavy atom. The minimum absolute atomic E-state index is 0.0864. The summed E-state index contributed by atoms with van der Waals surface area (Å²) in [5, 5.41) is 2.88. The molecule has 0 saturated carbocycles. The van der Waals surface area contributed by atoms with Gasteiger partial charge in [0.2, 0.25) is 5.91 Å². The number of Topliss-reactive ketones (excluding diaryl/α,β-unsaturated/α-hetero) is 1. The van der Waals surface area contributed by atoms with Crippen molar-refractivity contribution in [2.24, 2.45) is 0 Å². The molecule has 0 radical (unpaired) electrons. The van der Waals surface area contributed by atoms with Gasteiger partial charge in [0.15, 0.2) is 0 Å². The number of nitrogens with two attached hydrogens (primary N) is 1. The molecule has 0 fully saturated rings. The number of benzene rings is 1. The number of hydrogen-bond acceptors (Lipinski definition) is 3. The lowest BCUT2D eigenvalue weighted by molar-refractivity contribution is -0.121. The third-order valence-corrected chi connectivity index (χ3v) is 3.13. The Morgan fingerprint density at radius 3 is 2.40 bits per heavy atom. The van der Waals surface area contributed by atoms with E-state index in [1.54, 1.807) is 6.92 Å². The maximum Gasteiger partial charge on any atom is 0.220 e. The van der Waals surface area contributed by atoms with Gasteiger partial charge in [-0.25, -0.2) is 0 Å². The van der Waals surface area contributed by atoms with E-state index >= 15 is 0 Å². The van der Waals surface area contributed by atoms with Crippen molar-refractivity contribution in [1.29, 1.82) is 0 Å². The average molecular weight is 276 g/mol. The van der Waals surface area contributed by atoms with Crippen LogP contribution in [0.4, 0.5) is 5.69 Å². The minimum Gasteiger partial charge on any atom is -0.399 e. The summed E-state index contributed by atoms with van der Waals surface area (Å²) < 4.78 is 0. The number of anilines is 1. The highest BCUT2D eigenvalue weighted by molar-refractivity contribution is 5.76. The van der Waals surface area contributed by atoms with Crippen LogP contribution in [0.25, 0.3) is 0 Å². The predicted octanol–water partition coefficient (Wildman–Crippen LogP) is 2.47. The van der Waals surface area contributed by atoms with E-state index in [2.05, 4.69) is 5.32 Å². The van der Waals surface area contributed by atoms with Gasteiger partial charge < -0.3 is 15.8 Å². The van der Waals surface area contributed by atoms with E-state index in [4.69, 9.17) is 5.73 Å². The summed E-state index contributed by atoms with van der Waals surface area (Å²) in [6.45, 7) is 2.25. The zero-order chi connectivity index (χ0) is 14.8. The molecule has 0 atom stereocenters. The molecule has 0 spiro atoms. The molecule has 4 nitrogen and oxygen atoms in total.